The Hall–Kier alpha value is -2.86. The summed E-state index contributed by atoms with van der Waals surface area (Å²) in [5, 5.41) is 3.53. The van der Waals surface area contributed by atoms with Crippen molar-refractivity contribution in [2.24, 2.45) is 7.05 Å². The summed E-state index contributed by atoms with van der Waals surface area (Å²) in [5.74, 6) is 2.09. The molecule has 0 saturated heterocycles. The molecule has 6 heteroatoms. The Labute approximate surface area is 158 Å². The molecule has 0 saturated carbocycles. The van der Waals surface area contributed by atoms with Crippen LogP contribution in [0, 0.1) is 12.7 Å². The molecule has 1 atom stereocenters. The van der Waals surface area contributed by atoms with Gasteiger partial charge in [0.25, 0.3) is 0 Å². The van der Waals surface area contributed by atoms with E-state index >= 15 is 0 Å². The maximum absolute atomic E-state index is 13.5. The van der Waals surface area contributed by atoms with E-state index in [-0.39, 0.29) is 11.9 Å². The van der Waals surface area contributed by atoms with Gasteiger partial charge in [0.1, 0.15) is 23.1 Å². The van der Waals surface area contributed by atoms with Crippen molar-refractivity contribution < 1.29 is 13.9 Å². The fourth-order valence-electron chi connectivity index (χ4n) is 3.05. The lowest BCUT2D eigenvalue weighted by molar-refractivity contribution is 0.392. The predicted molar refractivity (Wildman–Crippen MR) is 103 cm³/mol. The topological polar surface area (TPSA) is 48.3 Å². The quantitative estimate of drug-likeness (QED) is 0.689. The van der Waals surface area contributed by atoms with E-state index in [0.29, 0.717) is 23.6 Å². The molecule has 0 amide bonds. The van der Waals surface area contributed by atoms with Crippen LogP contribution in [0.4, 0.5) is 4.39 Å². The molecule has 27 heavy (non-hydrogen) atoms. The molecule has 0 spiro atoms. The summed E-state index contributed by atoms with van der Waals surface area (Å²) in [6, 6.07) is 10.7. The minimum atomic E-state index is -0.197. The Morgan fingerprint density at radius 1 is 1.11 bits per heavy atom. The minimum Gasteiger partial charge on any atom is -0.497 e. The average Bonchev–Trinajstić information content (AvgIpc) is 3.10. The number of aromatic nitrogens is 2. The number of nitrogens with one attached hydrogen (secondary N) is 1. The van der Waals surface area contributed by atoms with E-state index < -0.39 is 0 Å². The maximum Gasteiger partial charge on any atom is 0.130 e. The van der Waals surface area contributed by atoms with Gasteiger partial charge < -0.3 is 14.0 Å². The molecule has 2 aromatic carbocycles. The average molecular weight is 369 g/mol. The Bertz CT molecular complexity index is 901. The second-order valence-corrected chi connectivity index (χ2v) is 6.44. The number of hydrogen-bond donors (Lipinski definition) is 1. The van der Waals surface area contributed by atoms with Crippen LogP contribution >= 0.6 is 0 Å². The van der Waals surface area contributed by atoms with Gasteiger partial charge in [0.2, 0.25) is 0 Å². The maximum atomic E-state index is 13.5. The molecule has 0 aliphatic heterocycles. The van der Waals surface area contributed by atoms with Gasteiger partial charge in [-0.1, -0.05) is 12.1 Å². The van der Waals surface area contributed by atoms with Gasteiger partial charge in [-0.15, -0.1) is 0 Å². The summed E-state index contributed by atoms with van der Waals surface area (Å²) in [4.78, 5) is 4.51. The lowest BCUT2D eigenvalue weighted by Gasteiger charge is -2.21. The van der Waals surface area contributed by atoms with Crippen LogP contribution in [-0.2, 0) is 13.6 Å². The van der Waals surface area contributed by atoms with Crippen molar-refractivity contribution in [1.82, 2.24) is 14.9 Å². The summed E-state index contributed by atoms with van der Waals surface area (Å²) in [5.41, 5.74) is 2.60. The van der Waals surface area contributed by atoms with Crippen molar-refractivity contribution in [3.8, 4) is 11.5 Å². The van der Waals surface area contributed by atoms with Crippen LogP contribution in [0.2, 0.25) is 0 Å². The van der Waals surface area contributed by atoms with E-state index in [4.69, 9.17) is 9.47 Å². The van der Waals surface area contributed by atoms with Gasteiger partial charge >= 0.3 is 0 Å². The van der Waals surface area contributed by atoms with Gasteiger partial charge in [-0.3, -0.25) is 5.32 Å². The molecule has 1 N–H and O–H groups in total. The van der Waals surface area contributed by atoms with Gasteiger partial charge in [0, 0.05) is 32.1 Å². The van der Waals surface area contributed by atoms with Crippen molar-refractivity contribution in [1.29, 1.82) is 0 Å². The summed E-state index contributed by atoms with van der Waals surface area (Å²) in [7, 11) is 5.21. The Balaban J connectivity index is 1.94. The normalized spacial score (nSPS) is 12.0. The van der Waals surface area contributed by atoms with Crippen molar-refractivity contribution in [3.05, 3.63) is 77.1 Å². The molecule has 5 nitrogen and oxygen atoms in total. The van der Waals surface area contributed by atoms with Crippen molar-refractivity contribution in [3.63, 3.8) is 0 Å². The van der Waals surface area contributed by atoms with Crippen LogP contribution in [0.1, 0.15) is 28.6 Å². The molecule has 1 heterocycles. The third kappa shape index (κ3) is 4.28. The van der Waals surface area contributed by atoms with Gasteiger partial charge in [-0.25, -0.2) is 9.37 Å². The number of methoxy groups -OCH3 is 2. The zero-order valence-electron chi connectivity index (χ0n) is 16.0. The summed E-state index contributed by atoms with van der Waals surface area (Å²) >= 11 is 0. The summed E-state index contributed by atoms with van der Waals surface area (Å²) in [6.45, 7) is 2.33. The number of aryl methyl sites for hydroxylation is 2. The molecular formula is C21H24FN3O2. The highest BCUT2D eigenvalue weighted by molar-refractivity contribution is 5.41. The first kappa shape index (κ1) is 18.9. The molecular weight excluding hydrogens is 345 g/mol. The standard InChI is InChI=1S/C21H24FN3O2/c1-14-9-15(5-6-19(14)22)13-24-20(21-23-7-8-25(21)2)16-10-17(26-3)12-18(11-16)27-4/h5-12,20,24H,13H2,1-4H3. The van der Waals surface area contributed by atoms with E-state index in [1.165, 1.54) is 6.07 Å². The van der Waals surface area contributed by atoms with Crippen LogP contribution in [0.3, 0.4) is 0 Å². The van der Waals surface area contributed by atoms with Gasteiger partial charge in [-0.2, -0.15) is 0 Å². The Morgan fingerprint density at radius 3 is 2.37 bits per heavy atom. The highest BCUT2D eigenvalue weighted by atomic mass is 19.1. The largest absolute Gasteiger partial charge is 0.497 e. The number of imidazole rings is 1. The minimum absolute atomic E-state index is 0.181. The van der Waals surface area contributed by atoms with Crippen LogP contribution in [0.5, 0.6) is 11.5 Å². The Kier molecular flexibility index (Phi) is 5.76. The SMILES string of the molecule is COc1cc(OC)cc(C(NCc2ccc(F)c(C)c2)c2nccn2C)c1. The number of rotatable bonds is 7. The highest BCUT2D eigenvalue weighted by Gasteiger charge is 2.20. The first-order valence-electron chi connectivity index (χ1n) is 8.70. The fourth-order valence-corrected chi connectivity index (χ4v) is 3.05. The van der Waals surface area contributed by atoms with Crippen molar-refractivity contribution in [2.45, 2.75) is 19.5 Å². The molecule has 0 fully saturated rings. The van der Waals surface area contributed by atoms with E-state index in [2.05, 4.69) is 10.3 Å². The van der Waals surface area contributed by atoms with Gasteiger partial charge in [0.05, 0.1) is 20.3 Å². The fraction of sp³-hybridized carbons (Fsp3) is 0.286. The van der Waals surface area contributed by atoms with Crippen molar-refractivity contribution in [2.75, 3.05) is 14.2 Å². The number of nitrogens with zero attached hydrogens (tertiary/aromatic N) is 2. The van der Waals surface area contributed by atoms with E-state index in [1.807, 2.05) is 42.1 Å². The molecule has 0 bridgehead atoms. The smallest absolute Gasteiger partial charge is 0.130 e. The number of hydrogen-bond acceptors (Lipinski definition) is 4. The van der Waals surface area contributed by atoms with Crippen molar-refractivity contribution >= 4 is 0 Å². The molecule has 0 aliphatic carbocycles. The third-order valence-electron chi connectivity index (χ3n) is 4.56. The zero-order chi connectivity index (χ0) is 19.4. The molecule has 1 unspecified atom stereocenters. The van der Waals surface area contributed by atoms with Crippen LogP contribution in [-0.4, -0.2) is 23.8 Å². The molecule has 3 aromatic rings. The number of halogens is 1. The second-order valence-electron chi connectivity index (χ2n) is 6.44. The van der Waals surface area contributed by atoms with Crippen LogP contribution < -0.4 is 14.8 Å². The van der Waals surface area contributed by atoms with E-state index in [0.717, 1.165) is 17.0 Å². The first-order chi connectivity index (χ1) is 13.0. The third-order valence-corrected chi connectivity index (χ3v) is 4.56. The molecule has 0 aliphatic rings. The van der Waals surface area contributed by atoms with E-state index in [1.54, 1.807) is 33.4 Å². The number of benzene rings is 2. The van der Waals surface area contributed by atoms with Crippen LogP contribution in [0.15, 0.2) is 48.8 Å². The zero-order valence-corrected chi connectivity index (χ0v) is 16.0. The number of ether oxygens (including phenoxy) is 2. The van der Waals surface area contributed by atoms with Gasteiger partial charge in [-0.05, 0) is 41.8 Å². The van der Waals surface area contributed by atoms with Crippen LogP contribution in [0.25, 0.3) is 0 Å². The molecule has 0 radical (unpaired) electrons. The predicted octanol–water partition coefficient (Wildman–Crippen LogP) is 3.76. The molecule has 3 rings (SSSR count). The van der Waals surface area contributed by atoms with E-state index in [9.17, 15) is 4.39 Å². The molecule has 142 valence electrons. The summed E-state index contributed by atoms with van der Waals surface area (Å²) < 4.78 is 26.3. The van der Waals surface area contributed by atoms with Gasteiger partial charge in [0.15, 0.2) is 0 Å². The monoisotopic (exact) mass is 369 g/mol. The lowest BCUT2D eigenvalue weighted by Crippen LogP contribution is -2.25. The summed E-state index contributed by atoms with van der Waals surface area (Å²) in [6.07, 6.45) is 3.67. The first-order valence-corrected chi connectivity index (χ1v) is 8.70. The lowest BCUT2D eigenvalue weighted by atomic mass is 10.0. The molecule has 1 aromatic heterocycles. The highest BCUT2D eigenvalue weighted by Crippen LogP contribution is 2.29. The Morgan fingerprint density at radius 2 is 1.81 bits per heavy atom. The second kappa shape index (κ2) is 8.22.